The first-order valence-corrected chi connectivity index (χ1v) is 7.17. The van der Waals surface area contributed by atoms with Gasteiger partial charge in [0.1, 0.15) is 0 Å². The number of fused-ring (bicyclic) bond motifs is 1. The maximum atomic E-state index is 12.0. The van der Waals surface area contributed by atoms with Gasteiger partial charge in [0.05, 0.1) is 5.25 Å². The van der Waals surface area contributed by atoms with Gasteiger partial charge in [0, 0.05) is 17.9 Å². The number of amides is 1. The van der Waals surface area contributed by atoms with E-state index in [1.54, 1.807) is 11.8 Å². The van der Waals surface area contributed by atoms with Gasteiger partial charge in [0.15, 0.2) is 0 Å². The molecule has 1 fully saturated rings. The molecule has 0 aliphatic carbocycles. The van der Waals surface area contributed by atoms with E-state index < -0.39 is 0 Å². The molecule has 1 saturated heterocycles. The van der Waals surface area contributed by atoms with Crippen LogP contribution in [0.5, 0.6) is 0 Å². The van der Waals surface area contributed by atoms with Crippen molar-refractivity contribution >= 4 is 41.5 Å². The van der Waals surface area contributed by atoms with Crippen LogP contribution in [-0.4, -0.2) is 23.5 Å². The number of halogens is 1. The van der Waals surface area contributed by atoms with E-state index in [1.165, 1.54) is 11.3 Å². The van der Waals surface area contributed by atoms with Crippen molar-refractivity contribution in [1.82, 2.24) is 0 Å². The minimum absolute atomic E-state index is 0. The zero-order valence-electron chi connectivity index (χ0n) is 10.1. The number of thioether (sulfide) groups is 1. The summed E-state index contributed by atoms with van der Waals surface area (Å²) in [4.78, 5) is 12.0. The topological polar surface area (TPSA) is 41.1 Å². The standard InChI is InChI=1S/C13H16N2OS.ClH/c16-13(12-2-1-7-17-12)15-10-3-4-11-9(8-10)5-6-14-11;/h3-4,8,12,14H,1-2,5-7H2,(H,15,16);1H. The first kappa shape index (κ1) is 13.6. The minimum atomic E-state index is 0. The highest BCUT2D eigenvalue weighted by molar-refractivity contribution is 8.00. The highest BCUT2D eigenvalue weighted by Crippen LogP contribution is 2.29. The number of carbonyl (C=O) groups excluding carboxylic acids is 1. The van der Waals surface area contributed by atoms with Crippen LogP contribution in [0.1, 0.15) is 18.4 Å². The fourth-order valence-corrected chi connectivity index (χ4v) is 3.55. The van der Waals surface area contributed by atoms with Gasteiger partial charge in [-0.1, -0.05) is 0 Å². The lowest BCUT2D eigenvalue weighted by Gasteiger charge is -2.11. The summed E-state index contributed by atoms with van der Waals surface area (Å²) in [5, 5.41) is 6.50. The fourth-order valence-electron chi connectivity index (χ4n) is 2.39. The molecule has 3 nitrogen and oxygen atoms in total. The Balaban J connectivity index is 0.00000120. The summed E-state index contributed by atoms with van der Waals surface area (Å²) in [6.07, 6.45) is 3.23. The van der Waals surface area contributed by atoms with E-state index in [9.17, 15) is 4.79 Å². The van der Waals surface area contributed by atoms with Gasteiger partial charge in [-0.05, 0) is 48.8 Å². The van der Waals surface area contributed by atoms with E-state index in [2.05, 4.69) is 22.8 Å². The van der Waals surface area contributed by atoms with Crippen molar-refractivity contribution in [2.45, 2.75) is 24.5 Å². The predicted octanol–water partition coefficient (Wildman–Crippen LogP) is 2.91. The van der Waals surface area contributed by atoms with Crippen LogP contribution in [-0.2, 0) is 11.2 Å². The van der Waals surface area contributed by atoms with Gasteiger partial charge in [-0.25, -0.2) is 0 Å². The monoisotopic (exact) mass is 284 g/mol. The van der Waals surface area contributed by atoms with Gasteiger partial charge in [-0.3, -0.25) is 4.79 Å². The molecule has 0 aromatic heterocycles. The minimum Gasteiger partial charge on any atom is -0.384 e. The number of hydrogen-bond acceptors (Lipinski definition) is 3. The van der Waals surface area contributed by atoms with Crippen LogP contribution >= 0.6 is 24.2 Å². The fraction of sp³-hybridized carbons (Fsp3) is 0.462. The summed E-state index contributed by atoms with van der Waals surface area (Å²) in [5.74, 6) is 1.28. The van der Waals surface area contributed by atoms with Crippen molar-refractivity contribution in [2.75, 3.05) is 22.9 Å². The largest absolute Gasteiger partial charge is 0.384 e. The molecule has 18 heavy (non-hydrogen) atoms. The molecule has 0 saturated carbocycles. The lowest BCUT2D eigenvalue weighted by molar-refractivity contribution is -0.115. The average Bonchev–Trinajstić information content (AvgIpc) is 2.99. The van der Waals surface area contributed by atoms with E-state index in [1.807, 2.05) is 6.07 Å². The van der Waals surface area contributed by atoms with Crippen molar-refractivity contribution in [3.63, 3.8) is 0 Å². The van der Waals surface area contributed by atoms with Crippen molar-refractivity contribution in [1.29, 1.82) is 0 Å². The Morgan fingerprint density at radius 3 is 3.11 bits per heavy atom. The number of nitrogens with one attached hydrogen (secondary N) is 2. The van der Waals surface area contributed by atoms with E-state index in [0.717, 1.165) is 37.2 Å². The first-order valence-electron chi connectivity index (χ1n) is 6.12. The highest BCUT2D eigenvalue weighted by atomic mass is 35.5. The Morgan fingerprint density at radius 1 is 1.44 bits per heavy atom. The summed E-state index contributed by atoms with van der Waals surface area (Å²) in [7, 11) is 0. The molecule has 1 aromatic carbocycles. The number of rotatable bonds is 2. The van der Waals surface area contributed by atoms with Gasteiger partial charge in [0.25, 0.3) is 0 Å². The molecule has 2 aliphatic heterocycles. The van der Waals surface area contributed by atoms with Crippen molar-refractivity contribution in [3.8, 4) is 0 Å². The van der Waals surface area contributed by atoms with Gasteiger partial charge >= 0.3 is 0 Å². The Hall–Kier alpha value is -0.870. The maximum absolute atomic E-state index is 12.0. The third-order valence-electron chi connectivity index (χ3n) is 3.30. The molecular formula is C13H17ClN2OS. The van der Waals surface area contributed by atoms with E-state index >= 15 is 0 Å². The Bertz CT molecular complexity index is 447. The lowest BCUT2D eigenvalue weighted by atomic mass is 10.1. The summed E-state index contributed by atoms with van der Waals surface area (Å²) >= 11 is 1.77. The molecule has 3 rings (SSSR count). The van der Waals surface area contributed by atoms with E-state index in [0.29, 0.717) is 0 Å². The zero-order chi connectivity index (χ0) is 11.7. The summed E-state index contributed by atoms with van der Waals surface area (Å²) in [6, 6.07) is 6.13. The normalized spacial score (nSPS) is 20.8. The van der Waals surface area contributed by atoms with Crippen LogP contribution in [0.15, 0.2) is 18.2 Å². The third-order valence-corrected chi connectivity index (χ3v) is 4.68. The Morgan fingerprint density at radius 2 is 2.33 bits per heavy atom. The first-order chi connectivity index (χ1) is 8.33. The Kier molecular flexibility index (Phi) is 4.40. The zero-order valence-corrected chi connectivity index (χ0v) is 11.7. The number of benzene rings is 1. The van der Waals surface area contributed by atoms with Gasteiger partial charge in [-0.15, -0.1) is 24.2 Å². The second kappa shape index (κ2) is 5.85. The van der Waals surface area contributed by atoms with Crippen molar-refractivity contribution in [2.24, 2.45) is 0 Å². The number of hydrogen-bond donors (Lipinski definition) is 2. The second-order valence-electron chi connectivity index (χ2n) is 4.54. The van der Waals surface area contributed by atoms with Crippen LogP contribution in [0.25, 0.3) is 0 Å². The molecule has 0 spiro atoms. The SMILES string of the molecule is Cl.O=C(Nc1ccc2c(c1)CCN2)C1CCCS1. The molecule has 1 unspecified atom stereocenters. The summed E-state index contributed by atoms with van der Waals surface area (Å²) < 4.78 is 0. The van der Waals surface area contributed by atoms with Gasteiger partial charge in [0.2, 0.25) is 5.91 Å². The molecule has 1 amide bonds. The van der Waals surface area contributed by atoms with Gasteiger partial charge in [-0.2, -0.15) is 0 Å². The van der Waals surface area contributed by atoms with Crippen LogP contribution in [0.4, 0.5) is 11.4 Å². The smallest absolute Gasteiger partial charge is 0.237 e. The predicted molar refractivity (Wildman–Crippen MR) is 80.0 cm³/mol. The van der Waals surface area contributed by atoms with Crippen molar-refractivity contribution < 1.29 is 4.79 Å². The molecule has 2 N–H and O–H groups in total. The molecule has 0 bridgehead atoms. The highest BCUT2D eigenvalue weighted by Gasteiger charge is 2.23. The van der Waals surface area contributed by atoms with Crippen LogP contribution in [0, 0.1) is 0 Å². The molecule has 0 radical (unpaired) electrons. The van der Waals surface area contributed by atoms with E-state index in [4.69, 9.17) is 0 Å². The molecule has 1 atom stereocenters. The van der Waals surface area contributed by atoms with Crippen molar-refractivity contribution in [3.05, 3.63) is 23.8 Å². The molecular weight excluding hydrogens is 268 g/mol. The van der Waals surface area contributed by atoms with Crippen LogP contribution < -0.4 is 10.6 Å². The number of anilines is 2. The molecule has 2 aliphatic rings. The molecule has 98 valence electrons. The third kappa shape index (κ3) is 2.75. The molecule has 1 aromatic rings. The summed E-state index contributed by atoms with van der Waals surface area (Å²) in [5.41, 5.74) is 3.45. The quantitative estimate of drug-likeness (QED) is 0.877. The van der Waals surface area contributed by atoms with E-state index in [-0.39, 0.29) is 23.6 Å². The average molecular weight is 285 g/mol. The van der Waals surface area contributed by atoms with Crippen LogP contribution in [0.2, 0.25) is 0 Å². The molecule has 5 heteroatoms. The maximum Gasteiger partial charge on any atom is 0.237 e. The second-order valence-corrected chi connectivity index (χ2v) is 5.85. The summed E-state index contributed by atoms with van der Waals surface area (Å²) in [6.45, 7) is 1.01. The number of carbonyl (C=O) groups is 1. The van der Waals surface area contributed by atoms with Gasteiger partial charge < -0.3 is 10.6 Å². The lowest BCUT2D eigenvalue weighted by Crippen LogP contribution is -2.22. The van der Waals surface area contributed by atoms with Crippen LogP contribution in [0.3, 0.4) is 0 Å². The molecule has 2 heterocycles. The Labute approximate surface area is 118 Å².